The molecule has 1 amide bonds. The molecule has 0 unspecified atom stereocenters. The molecule has 3 rings (SSSR count). The monoisotopic (exact) mass is 478 g/mol. The van der Waals surface area contributed by atoms with E-state index in [0.29, 0.717) is 0 Å². The molecule has 1 N–H and O–H groups in total. The number of nitrogens with zero attached hydrogens (tertiary/aromatic N) is 5. The highest BCUT2D eigenvalue weighted by Crippen LogP contribution is 2.34. The second kappa shape index (κ2) is 8.79. The molecule has 0 atom stereocenters. The minimum Gasteiger partial charge on any atom is -0.417 e. The largest absolute Gasteiger partial charge is 0.435 e. The molecular weight excluding hydrogens is 465 g/mol. The summed E-state index contributed by atoms with van der Waals surface area (Å²) < 4.78 is 68.9. The number of rotatable bonds is 5. The number of benzene rings is 1. The maximum absolute atomic E-state index is 13.4. The number of hydrogen-bond acceptors (Lipinski definition) is 9. The molecule has 0 aliphatic heterocycles. The van der Waals surface area contributed by atoms with Crippen molar-refractivity contribution >= 4 is 21.4 Å². The molecule has 33 heavy (non-hydrogen) atoms. The summed E-state index contributed by atoms with van der Waals surface area (Å²) in [5, 5.41) is 24.7. The summed E-state index contributed by atoms with van der Waals surface area (Å²) in [6.07, 6.45) is -3.94. The fourth-order valence-corrected chi connectivity index (χ4v) is 3.31. The third kappa shape index (κ3) is 5.39. The van der Waals surface area contributed by atoms with Gasteiger partial charge in [-0.2, -0.15) is 18.4 Å². The quantitative estimate of drug-likeness (QED) is 0.584. The number of carbonyl (C=O) groups excluding carboxylic acids is 1. The Kier molecular flexibility index (Phi) is 6.27. The van der Waals surface area contributed by atoms with Gasteiger partial charge in [0.15, 0.2) is 21.2 Å². The molecule has 10 nitrogen and oxygen atoms in total. The lowest BCUT2D eigenvalue weighted by atomic mass is 10.1. The molecule has 0 bridgehead atoms. The van der Waals surface area contributed by atoms with Crippen molar-refractivity contribution < 1.29 is 31.1 Å². The number of amides is 1. The number of sulfone groups is 1. The lowest BCUT2D eigenvalue weighted by Gasteiger charge is -2.15. The number of anilines is 1. The SMILES string of the molecule is Cc1c(C(F)(F)F)nnc(Oc2ccc(C#N)nn2)c1C(=O)Nc1cccc(S(C)(=O)=O)c1. The van der Waals surface area contributed by atoms with Crippen LogP contribution in [0.15, 0.2) is 41.3 Å². The Morgan fingerprint density at radius 3 is 2.42 bits per heavy atom. The highest BCUT2D eigenvalue weighted by molar-refractivity contribution is 7.90. The van der Waals surface area contributed by atoms with Crippen LogP contribution >= 0.6 is 0 Å². The molecule has 0 spiro atoms. The molecule has 0 aliphatic carbocycles. The first-order chi connectivity index (χ1) is 15.4. The third-order valence-electron chi connectivity index (χ3n) is 4.16. The van der Waals surface area contributed by atoms with Crippen molar-refractivity contribution in [2.75, 3.05) is 11.6 Å². The van der Waals surface area contributed by atoms with E-state index in [1.54, 1.807) is 6.07 Å². The average Bonchev–Trinajstić information content (AvgIpc) is 2.73. The number of aromatic nitrogens is 4. The van der Waals surface area contributed by atoms with E-state index in [1.807, 2.05) is 0 Å². The van der Waals surface area contributed by atoms with Crippen molar-refractivity contribution in [2.24, 2.45) is 0 Å². The van der Waals surface area contributed by atoms with Gasteiger partial charge < -0.3 is 10.1 Å². The van der Waals surface area contributed by atoms with Gasteiger partial charge in [-0.05, 0) is 36.8 Å². The maximum Gasteiger partial charge on any atom is 0.435 e. The van der Waals surface area contributed by atoms with E-state index in [-0.39, 0.29) is 22.2 Å². The third-order valence-corrected chi connectivity index (χ3v) is 5.27. The van der Waals surface area contributed by atoms with Crippen LogP contribution in [-0.2, 0) is 16.0 Å². The van der Waals surface area contributed by atoms with Gasteiger partial charge in [-0.15, -0.1) is 20.4 Å². The number of alkyl halides is 3. The topological polar surface area (TPSA) is 148 Å². The predicted molar refractivity (Wildman–Crippen MR) is 106 cm³/mol. The fourth-order valence-electron chi connectivity index (χ4n) is 2.64. The molecule has 14 heteroatoms. The number of ether oxygens (including phenoxy) is 1. The van der Waals surface area contributed by atoms with E-state index in [9.17, 15) is 26.4 Å². The van der Waals surface area contributed by atoms with Gasteiger partial charge in [0.2, 0.25) is 5.88 Å². The van der Waals surface area contributed by atoms with E-state index < -0.39 is 44.6 Å². The Morgan fingerprint density at radius 2 is 1.85 bits per heavy atom. The smallest absolute Gasteiger partial charge is 0.417 e. The van der Waals surface area contributed by atoms with Crippen LogP contribution in [0, 0.1) is 18.3 Å². The summed E-state index contributed by atoms with van der Waals surface area (Å²) in [4.78, 5) is 12.8. The predicted octanol–water partition coefficient (Wildman–Crippen LogP) is 2.91. The van der Waals surface area contributed by atoms with Crippen molar-refractivity contribution in [1.29, 1.82) is 5.26 Å². The van der Waals surface area contributed by atoms with Gasteiger partial charge in [-0.25, -0.2) is 8.42 Å². The van der Waals surface area contributed by atoms with Gasteiger partial charge in [0.1, 0.15) is 11.6 Å². The first kappa shape index (κ1) is 23.5. The van der Waals surface area contributed by atoms with Crippen LogP contribution in [0.2, 0.25) is 0 Å². The van der Waals surface area contributed by atoms with Crippen molar-refractivity contribution in [3.05, 3.63) is 58.9 Å². The van der Waals surface area contributed by atoms with E-state index in [2.05, 4.69) is 25.7 Å². The van der Waals surface area contributed by atoms with E-state index in [0.717, 1.165) is 19.2 Å². The van der Waals surface area contributed by atoms with Crippen LogP contribution in [0.5, 0.6) is 11.8 Å². The highest BCUT2D eigenvalue weighted by atomic mass is 32.2. The van der Waals surface area contributed by atoms with Crippen LogP contribution in [0.25, 0.3) is 0 Å². The number of carbonyl (C=O) groups is 1. The molecule has 0 saturated heterocycles. The Balaban J connectivity index is 2.05. The normalized spacial score (nSPS) is 11.5. The van der Waals surface area contributed by atoms with Crippen molar-refractivity contribution in [3.63, 3.8) is 0 Å². The fraction of sp³-hybridized carbons (Fsp3) is 0.158. The summed E-state index contributed by atoms with van der Waals surface area (Å²) in [7, 11) is -3.60. The zero-order valence-corrected chi connectivity index (χ0v) is 17.7. The van der Waals surface area contributed by atoms with Gasteiger partial charge in [-0.1, -0.05) is 6.07 Å². The van der Waals surface area contributed by atoms with Gasteiger partial charge in [0.05, 0.1) is 4.90 Å². The number of hydrogen-bond donors (Lipinski definition) is 1. The molecule has 0 aliphatic rings. The summed E-state index contributed by atoms with van der Waals surface area (Å²) >= 11 is 0. The zero-order chi connectivity index (χ0) is 24.4. The van der Waals surface area contributed by atoms with Gasteiger partial charge >= 0.3 is 6.18 Å². The number of nitrogens with one attached hydrogen (secondary N) is 1. The highest BCUT2D eigenvalue weighted by Gasteiger charge is 2.38. The molecule has 170 valence electrons. The van der Waals surface area contributed by atoms with Crippen LogP contribution in [0.3, 0.4) is 0 Å². The zero-order valence-electron chi connectivity index (χ0n) is 16.9. The average molecular weight is 478 g/mol. The molecule has 3 aromatic rings. The van der Waals surface area contributed by atoms with Crippen molar-refractivity contribution in [1.82, 2.24) is 20.4 Å². The second-order valence-corrected chi connectivity index (χ2v) is 8.59. The minimum atomic E-state index is -4.91. The molecular formula is C19H13F3N6O4S. The molecule has 0 fully saturated rings. The summed E-state index contributed by atoms with van der Waals surface area (Å²) in [6, 6.07) is 9.33. The molecule has 2 heterocycles. The Bertz CT molecular complexity index is 1370. The van der Waals surface area contributed by atoms with Crippen LogP contribution in [-0.4, -0.2) is 41.0 Å². The molecule has 0 saturated carbocycles. The maximum atomic E-state index is 13.4. The minimum absolute atomic E-state index is 0.0109. The van der Waals surface area contributed by atoms with Crippen molar-refractivity contribution in [3.8, 4) is 17.8 Å². The first-order valence-electron chi connectivity index (χ1n) is 8.88. The Morgan fingerprint density at radius 1 is 1.12 bits per heavy atom. The lowest BCUT2D eigenvalue weighted by molar-refractivity contribution is -0.142. The number of nitriles is 1. The van der Waals surface area contributed by atoms with Gasteiger partial charge in [0, 0.05) is 18.0 Å². The van der Waals surface area contributed by atoms with Gasteiger partial charge in [0.25, 0.3) is 11.8 Å². The standard InChI is InChI=1S/C19H13F3N6O4S/c1-10-15(17(29)24-11-4-3-5-13(8-11)33(2,30)31)18(28-27-16(10)19(20,21)22)32-14-7-6-12(9-23)25-26-14/h3-8H,1-2H3,(H,24,29). The Hall–Kier alpha value is -4.12. The summed E-state index contributed by atoms with van der Waals surface area (Å²) in [5.41, 5.74) is -2.62. The van der Waals surface area contributed by atoms with E-state index in [1.165, 1.54) is 30.3 Å². The lowest BCUT2D eigenvalue weighted by Crippen LogP contribution is -2.21. The van der Waals surface area contributed by atoms with E-state index in [4.69, 9.17) is 10.00 Å². The first-order valence-corrected chi connectivity index (χ1v) is 10.8. The van der Waals surface area contributed by atoms with Crippen LogP contribution < -0.4 is 10.1 Å². The van der Waals surface area contributed by atoms with Crippen LogP contribution in [0.4, 0.5) is 18.9 Å². The summed E-state index contributed by atoms with van der Waals surface area (Å²) in [5.74, 6) is -1.91. The molecule has 0 radical (unpaired) electrons. The van der Waals surface area contributed by atoms with Crippen LogP contribution in [0.1, 0.15) is 27.3 Å². The van der Waals surface area contributed by atoms with Crippen molar-refractivity contribution in [2.45, 2.75) is 18.0 Å². The second-order valence-electron chi connectivity index (χ2n) is 6.58. The van der Waals surface area contributed by atoms with E-state index >= 15 is 0 Å². The summed E-state index contributed by atoms with van der Waals surface area (Å²) in [6.45, 7) is 1.01. The Labute approximate surface area is 185 Å². The van der Waals surface area contributed by atoms with Gasteiger partial charge in [-0.3, -0.25) is 4.79 Å². The molecule has 1 aromatic carbocycles. The molecule has 2 aromatic heterocycles. The number of halogens is 3.